The maximum absolute atomic E-state index is 14.2. The summed E-state index contributed by atoms with van der Waals surface area (Å²) in [4.78, 5) is 45.9. The number of nitrogens with zero attached hydrogens (tertiary/aromatic N) is 3. The Bertz CT molecular complexity index is 905. The second kappa shape index (κ2) is 7.91. The van der Waals surface area contributed by atoms with E-state index in [4.69, 9.17) is 4.74 Å². The van der Waals surface area contributed by atoms with Crippen molar-refractivity contribution in [3.05, 3.63) is 29.8 Å². The van der Waals surface area contributed by atoms with Gasteiger partial charge in [0.15, 0.2) is 0 Å². The minimum atomic E-state index is -0.928. The molecule has 0 saturated carbocycles. The molecule has 1 aromatic rings. The van der Waals surface area contributed by atoms with Gasteiger partial charge < -0.3 is 19.9 Å². The molecule has 8 nitrogen and oxygen atoms in total. The number of amides is 3. The fourth-order valence-corrected chi connectivity index (χ4v) is 6.18. The summed E-state index contributed by atoms with van der Waals surface area (Å²) in [5, 5.41) is 3.08. The molecule has 3 fully saturated rings. The number of hydrogen-bond acceptors (Lipinski definition) is 5. The number of fused-ring (bicyclic) bond motifs is 4. The smallest absolute Gasteiger partial charge is 0.253 e. The van der Waals surface area contributed by atoms with Gasteiger partial charge in [0.1, 0.15) is 12.1 Å². The molecule has 3 atom stereocenters. The number of rotatable bonds is 2. The van der Waals surface area contributed by atoms with Crippen LogP contribution >= 0.6 is 0 Å². The molecule has 0 aliphatic carbocycles. The zero-order chi connectivity index (χ0) is 21.6. The van der Waals surface area contributed by atoms with Gasteiger partial charge in [-0.15, -0.1) is 0 Å². The number of carbonyl (C=O) groups excluding carboxylic acids is 3. The normalized spacial score (nSPS) is 30.9. The lowest BCUT2D eigenvalue weighted by atomic mass is 9.78. The minimum Gasteiger partial charge on any atom is -0.375 e. The Balaban J connectivity index is 1.58. The van der Waals surface area contributed by atoms with E-state index in [2.05, 4.69) is 10.2 Å². The molecular formula is C23H30N4O4. The lowest BCUT2D eigenvalue weighted by molar-refractivity contribution is -0.139. The standard InChI is InChI=1S/C23H30N4O4/c1-31-15-20(28)25-10-5-9-24-21(29)18-14-16-6-4-11-27(16)23(18)17-7-2-3-8-19(17)26(13-12-25)22(23)30/h2-3,7-8,16,18H,4-6,9-15H2,1H3,(H,24,29)/t16-,18+,23+/m0/s1. The number of ether oxygens (including phenoxy) is 1. The van der Waals surface area contributed by atoms with Crippen LogP contribution in [0.2, 0.25) is 0 Å². The lowest BCUT2D eigenvalue weighted by Gasteiger charge is -2.37. The third-order valence-electron chi connectivity index (χ3n) is 7.45. The van der Waals surface area contributed by atoms with Gasteiger partial charge in [-0.1, -0.05) is 18.2 Å². The van der Waals surface area contributed by atoms with Crippen molar-refractivity contribution in [1.82, 2.24) is 15.1 Å². The van der Waals surface area contributed by atoms with Crippen LogP contribution in [0.25, 0.3) is 0 Å². The van der Waals surface area contributed by atoms with E-state index < -0.39 is 5.54 Å². The fourth-order valence-electron chi connectivity index (χ4n) is 6.18. The SMILES string of the molecule is COCC(=O)N1CCCNC(=O)[C@H]2C[C@@H]3CCCN3[C@@]23C(=O)N(CC1)c1ccccc13. The highest BCUT2D eigenvalue weighted by Gasteiger charge is 2.67. The molecule has 4 aliphatic heterocycles. The quantitative estimate of drug-likeness (QED) is 0.753. The van der Waals surface area contributed by atoms with Gasteiger partial charge in [-0.05, 0) is 38.3 Å². The van der Waals surface area contributed by atoms with Gasteiger partial charge in [0.25, 0.3) is 5.91 Å². The van der Waals surface area contributed by atoms with Crippen molar-refractivity contribution >= 4 is 23.4 Å². The molecule has 3 saturated heterocycles. The molecule has 31 heavy (non-hydrogen) atoms. The molecular weight excluding hydrogens is 396 g/mol. The molecule has 166 valence electrons. The van der Waals surface area contributed by atoms with Crippen molar-refractivity contribution in [2.24, 2.45) is 5.92 Å². The van der Waals surface area contributed by atoms with E-state index in [0.29, 0.717) is 32.6 Å². The van der Waals surface area contributed by atoms with Crippen molar-refractivity contribution in [3.63, 3.8) is 0 Å². The van der Waals surface area contributed by atoms with Crippen LogP contribution < -0.4 is 10.2 Å². The number of carbonyl (C=O) groups is 3. The Morgan fingerprint density at radius 2 is 2.00 bits per heavy atom. The molecule has 4 aliphatic rings. The number of methoxy groups -OCH3 is 1. The Morgan fingerprint density at radius 3 is 2.84 bits per heavy atom. The third kappa shape index (κ3) is 2.99. The monoisotopic (exact) mass is 426 g/mol. The van der Waals surface area contributed by atoms with Gasteiger partial charge in [-0.25, -0.2) is 0 Å². The second-order valence-electron chi connectivity index (χ2n) is 8.98. The fraction of sp³-hybridized carbons (Fsp3) is 0.609. The van der Waals surface area contributed by atoms with Crippen molar-refractivity contribution in [1.29, 1.82) is 0 Å². The first-order valence-corrected chi connectivity index (χ1v) is 11.3. The number of hydrogen-bond donors (Lipinski definition) is 1. The van der Waals surface area contributed by atoms with E-state index in [1.54, 1.807) is 4.90 Å². The maximum Gasteiger partial charge on any atom is 0.253 e. The Kier molecular flexibility index (Phi) is 5.22. The highest BCUT2D eigenvalue weighted by Crippen LogP contribution is 2.56. The lowest BCUT2D eigenvalue weighted by Crippen LogP contribution is -2.57. The Labute approximate surface area is 182 Å². The van der Waals surface area contributed by atoms with Crippen LogP contribution in [0.15, 0.2) is 24.3 Å². The van der Waals surface area contributed by atoms with Crippen LogP contribution in [0.5, 0.6) is 0 Å². The topological polar surface area (TPSA) is 82.2 Å². The van der Waals surface area contributed by atoms with Gasteiger partial charge in [-0.3, -0.25) is 19.3 Å². The average molecular weight is 427 g/mol. The summed E-state index contributed by atoms with van der Waals surface area (Å²) in [5.41, 5.74) is 0.886. The highest BCUT2D eigenvalue weighted by atomic mass is 16.5. The molecule has 4 heterocycles. The highest BCUT2D eigenvalue weighted by molar-refractivity contribution is 6.11. The molecule has 2 bridgehead atoms. The number of nitrogens with one attached hydrogen (secondary N) is 1. The zero-order valence-corrected chi connectivity index (χ0v) is 18.0. The van der Waals surface area contributed by atoms with Crippen LogP contribution in [-0.4, -0.2) is 80.0 Å². The molecule has 1 spiro atoms. The molecule has 5 rings (SSSR count). The van der Waals surface area contributed by atoms with Crippen molar-refractivity contribution in [2.75, 3.05) is 51.3 Å². The van der Waals surface area contributed by atoms with E-state index in [1.165, 1.54) is 7.11 Å². The molecule has 0 aromatic heterocycles. The number of benzene rings is 1. The predicted molar refractivity (Wildman–Crippen MR) is 114 cm³/mol. The van der Waals surface area contributed by atoms with Crippen molar-refractivity contribution < 1.29 is 19.1 Å². The first-order valence-electron chi connectivity index (χ1n) is 11.3. The predicted octanol–water partition coefficient (Wildman–Crippen LogP) is 0.708. The molecule has 8 heteroatoms. The first-order chi connectivity index (χ1) is 15.1. The minimum absolute atomic E-state index is 0.0123. The van der Waals surface area contributed by atoms with E-state index in [1.807, 2.05) is 29.2 Å². The van der Waals surface area contributed by atoms with Crippen LogP contribution in [0.1, 0.15) is 31.2 Å². The summed E-state index contributed by atoms with van der Waals surface area (Å²) in [7, 11) is 1.51. The summed E-state index contributed by atoms with van der Waals surface area (Å²) in [6.07, 6.45) is 3.48. The van der Waals surface area contributed by atoms with Gasteiger partial charge in [0.05, 0.1) is 5.92 Å². The van der Waals surface area contributed by atoms with E-state index in [0.717, 1.165) is 37.1 Å². The summed E-state index contributed by atoms with van der Waals surface area (Å²) in [5.74, 6) is -0.548. The number of para-hydroxylation sites is 1. The van der Waals surface area contributed by atoms with E-state index >= 15 is 0 Å². The Morgan fingerprint density at radius 1 is 1.16 bits per heavy atom. The molecule has 0 unspecified atom stereocenters. The van der Waals surface area contributed by atoms with Crippen molar-refractivity contribution in [3.8, 4) is 0 Å². The molecule has 1 aromatic carbocycles. The van der Waals surface area contributed by atoms with Crippen LogP contribution in [0, 0.1) is 5.92 Å². The average Bonchev–Trinajstić information content (AvgIpc) is 3.41. The largest absolute Gasteiger partial charge is 0.375 e. The molecule has 0 radical (unpaired) electrons. The summed E-state index contributed by atoms with van der Waals surface area (Å²) in [6.45, 7) is 2.72. The van der Waals surface area contributed by atoms with Gasteiger partial charge >= 0.3 is 0 Å². The summed E-state index contributed by atoms with van der Waals surface area (Å²) in [6, 6.07) is 8.15. The maximum atomic E-state index is 14.2. The van der Waals surface area contributed by atoms with E-state index in [9.17, 15) is 14.4 Å². The zero-order valence-electron chi connectivity index (χ0n) is 18.0. The number of anilines is 1. The van der Waals surface area contributed by atoms with Crippen LogP contribution in [0.4, 0.5) is 5.69 Å². The summed E-state index contributed by atoms with van der Waals surface area (Å²) < 4.78 is 5.04. The van der Waals surface area contributed by atoms with E-state index in [-0.39, 0.29) is 36.3 Å². The third-order valence-corrected chi connectivity index (χ3v) is 7.45. The molecule has 3 amide bonds. The van der Waals surface area contributed by atoms with Gasteiger partial charge in [-0.2, -0.15) is 0 Å². The van der Waals surface area contributed by atoms with Crippen LogP contribution in [0.3, 0.4) is 0 Å². The van der Waals surface area contributed by atoms with Crippen LogP contribution in [-0.2, 0) is 24.7 Å². The van der Waals surface area contributed by atoms with Gasteiger partial charge in [0, 0.05) is 50.6 Å². The van der Waals surface area contributed by atoms with Crippen molar-refractivity contribution in [2.45, 2.75) is 37.3 Å². The first kappa shape index (κ1) is 20.5. The van der Waals surface area contributed by atoms with Gasteiger partial charge in [0.2, 0.25) is 11.8 Å². The summed E-state index contributed by atoms with van der Waals surface area (Å²) >= 11 is 0. The Hall–Kier alpha value is -2.45. The molecule has 1 N–H and O–H groups in total. The second-order valence-corrected chi connectivity index (χ2v) is 8.98.